The smallest absolute Gasteiger partial charge is 0.205 e. The van der Waals surface area contributed by atoms with Crippen molar-refractivity contribution in [2.75, 3.05) is 38.8 Å². The number of nitrogens with one attached hydrogen (secondary N) is 1. The third-order valence-electron chi connectivity index (χ3n) is 3.43. The van der Waals surface area contributed by atoms with Gasteiger partial charge in [-0.3, -0.25) is 0 Å². The van der Waals surface area contributed by atoms with Crippen molar-refractivity contribution in [2.45, 2.75) is 25.4 Å². The van der Waals surface area contributed by atoms with Crippen LogP contribution in [0.1, 0.15) is 19.4 Å². The summed E-state index contributed by atoms with van der Waals surface area (Å²) < 4.78 is 7.39. The van der Waals surface area contributed by atoms with Gasteiger partial charge in [-0.1, -0.05) is 0 Å². The fourth-order valence-electron chi connectivity index (χ4n) is 2.38. The van der Waals surface area contributed by atoms with Gasteiger partial charge in [-0.05, 0) is 19.9 Å². The van der Waals surface area contributed by atoms with E-state index in [1.54, 1.807) is 7.11 Å². The van der Waals surface area contributed by atoms with Crippen LogP contribution in [0.4, 0.5) is 5.95 Å². The van der Waals surface area contributed by atoms with E-state index in [0.29, 0.717) is 18.7 Å². The maximum absolute atomic E-state index is 5.21. The van der Waals surface area contributed by atoms with Crippen LogP contribution in [0.2, 0.25) is 0 Å². The fraction of sp³-hybridized carbons (Fsp3) is 0.750. The second kappa shape index (κ2) is 5.51. The minimum atomic E-state index is 0.314. The standard InChI is InChI=1S/C12H22N4O/c1-10(9-17-3)16-7-6-14-12(16)15(2)11-4-5-13-8-11/h6-7,10-11,13H,4-5,8-9H2,1-3H3. The summed E-state index contributed by atoms with van der Waals surface area (Å²) in [6.45, 7) is 5.00. The third kappa shape index (κ3) is 2.61. The summed E-state index contributed by atoms with van der Waals surface area (Å²) >= 11 is 0. The topological polar surface area (TPSA) is 42.3 Å². The molecule has 1 saturated heterocycles. The van der Waals surface area contributed by atoms with Crippen molar-refractivity contribution in [3.63, 3.8) is 0 Å². The zero-order valence-corrected chi connectivity index (χ0v) is 10.9. The van der Waals surface area contributed by atoms with Gasteiger partial charge in [0.1, 0.15) is 0 Å². The lowest BCUT2D eigenvalue weighted by Gasteiger charge is -2.27. The summed E-state index contributed by atoms with van der Waals surface area (Å²) in [5, 5.41) is 3.39. The SMILES string of the molecule is COCC(C)n1ccnc1N(C)C1CCNC1. The summed E-state index contributed by atoms with van der Waals surface area (Å²) in [7, 11) is 3.85. The summed E-state index contributed by atoms with van der Waals surface area (Å²) in [4.78, 5) is 6.74. The number of hydrogen-bond acceptors (Lipinski definition) is 4. The molecular weight excluding hydrogens is 216 g/mol. The Balaban J connectivity index is 2.11. The zero-order chi connectivity index (χ0) is 12.3. The molecule has 2 unspecified atom stereocenters. The molecule has 5 heteroatoms. The molecule has 0 amide bonds. The first-order valence-corrected chi connectivity index (χ1v) is 6.19. The molecule has 2 atom stereocenters. The Bertz CT molecular complexity index is 346. The Morgan fingerprint density at radius 2 is 2.53 bits per heavy atom. The van der Waals surface area contributed by atoms with E-state index in [0.717, 1.165) is 19.0 Å². The van der Waals surface area contributed by atoms with Gasteiger partial charge >= 0.3 is 0 Å². The van der Waals surface area contributed by atoms with Gasteiger partial charge in [0.05, 0.1) is 12.6 Å². The second-order valence-corrected chi connectivity index (χ2v) is 4.70. The van der Waals surface area contributed by atoms with Gasteiger partial charge in [0, 0.05) is 39.1 Å². The number of likely N-dealkylation sites (N-methyl/N-ethyl adjacent to an activating group) is 1. The first kappa shape index (κ1) is 12.4. The van der Waals surface area contributed by atoms with Crippen molar-refractivity contribution in [1.29, 1.82) is 0 Å². The Labute approximate surface area is 103 Å². The number of rotatable bonds is 5. The highest BCUT2D eigenvalue weighted by Gasteiger charge is 2.23. The molecule has 1 aromatic rings. The predicted octanol–water partition coefficient (Wildman–Crippen LogP) is 0.889. The van der Waals surface area contributed by atoms with E-state index in [-0.39, 0.29) is 0 Å². The molecule has 1 fully saturated rings. The molecule has 17 heavy (non-hydrogen) atoms. The van der Waals surface area contributed by atoms with E-state index in [2.05, 4.69) is 33.7 Å². The number of aromatic nitrogens is 2. The quantitative estimate of drug-likeness (QED) is 0.827. The lowest BCUT2D eigenvalue weighted by molar-refractivity contribution is 0.162. The number of hydrogen-bond donors (Lipinski definition) is 1. The molecule has 0 spiro atoms. The summed E-state index contributed by atoms with van der Waals surface area (Å²) in [6.07, 6.45) is 5.07. The molecule has 2 heterocycles. The monoisotopic (exact) mass is 238 g/mol. The van der Waals surface area contributed by atoms with E-state index in [1.165, 1.54) is 6.42 Å². The van der Waals surface area contributed by atoms with Gasteiger partial charge < -0.3 is 19.5 Å². The van der Waals surface area contributed by atoms with Crippen molar-refractivity contribution < 1.29 is 4.74 Å². The van der Waals surface area contributed by atoms with Crippen molar-refractivity contribution in [2.24, 2.45) is 0 Å². The fourth-order valence-corrected chi connectivity index (χ4v) is 2.38. The molecule has 96 valence electrons. The highest BCUT2D eigenvalue weighted by molar-refractivity contribution is 5.33. The summed E-state index contributed by atoms with van der Waals surface area (Å²) in [5.74, 6) is 1.03. The van der Waals surface area contributed by atoms with Crippen LogP contribution >= 0.6 is 0 Å². The average molecular weight is 238 g/mol. The van der Waals surface area contributed by atoms with E-state index in [1.807, 2.05) is 12.4 Å². The van der Waals surface area contributed by atoms with E-state index in [9.17, 15) is 0 Å². The Morgan fingerprint density at radius 1 is 1.71 bits per heavy atom. The zero-order valence-electron chi connectivity index (χ0n) is 10.9. The number of ether oxygens (including phenoxy) is 1. The van der Waals surface area contributed by atoms with Gasteiger partial charge in [0.15, 0.2) is 0 Å². The normalized spacial score (nSPS) is 21.7. The van der Waals surface area contributed by atoms with Gasteiger partial charge in [0.25, 0.3) is 0 Å². The predicted molar refractivity (Wildman–Crippen MR) is 68.5 cm³/mol. The number of nitrogens with zero attached hydrogens (tertiary/aromatic N) is 3. The molecule has 1 aliphatic rings. The maximum Gasteiger partial charge on any atom is 0.205 e. The molecule has 2 rings (SSSR count). The van der Waals surface area contributed by atoms with Gasteiger partial charge in [0.2, 0.25) is 5.95 Å². The van der Waals surface area contributed by atoms with Gasteiger partial charge in [-0.25, -0.2) is 4.98 Å². The molecule has 0 aromatic carbocycles. The average Bonchev–Trinajstić information content (AvgIpc) is 3.00. The van der Waals surface area contributed by atoms with Crippen LogP contribution in [-0.4, -0.2) is 49.4 Å². The van der Waals surface area contributed by atoms with Crippen LogP contribution in [0.3, 0.4) is 0 Å². The van der Waals surface area contributed by atoms with E-state index < -0.39 is 0 Å². The first-order valence-electron chi connectivity index (χ1n) is 6.19. The highest BCUT2D eigenvalue weighted by atomic mass is 16.5. The number of anilines is 1. The van der Waals surface area contributed by atoms with Crippen molar-refractivity contribution in [3.8, 4) is 0 Å². The molecule has 1 aromatic heterocycles. The first-order chi connectivity index (χ1) is 8.24. The third-order valence-corrected chi connectivity index (χ3v) is 3.43. The van der Waals surface area contributed by atoms with E-state index in [4.69, 9.17) is 4.74 Å². The molecule has 1 N–H and O–H groups in total. The van der Waals surface area contributed by atoms with Crippen molar-refractivity contribution in [1.82, 2.24) is 14.9 Å². The van der Waals surface area contributed by atoms with Crippen LogP contribution in [0.15, 0.2) is 12.4 Å². The van der Waals surface area contributed by atoms with Crippen molar-refractivity contribution in [3.05, 3.63) is 12.4 Å². The van der Waals surface area contributed by atoms with Crippen LogP contribution in [0.5, 0.6) is 0 Å². The molecule has 0 aliphatic carbocycles. The lowest BCUT2D eigenvalue weighted by Crippen LogP contribution is -2.35. The highest BCUT2D eigenvalue weighted by Crippen LogP contribution is 2.20. The lowest BCUT2D eigenvalue weighted by atomic mass is 10.2. The Morgan fingerprint density at radius 3 is 3.18 bits per heavy atom. The summed E-state index contributed by atoms with van der Waals surface area (Å²) in [6, 6.07) is 0.861. The molecule has 0 saturated carbocycles. The summed E-state index contributed by atoms with van der Waals surface area (Å²) in [5.41, 5.74) is 0. The van der Waals surface area contributed by atoms with Gasteiger partial charge in [-0.15, -0.1) is 0 Å². The van der Waals surface area contributed by atoms with Gasteiger partial charge in [-0.2, -0.15) is 0 Å². The van der Waals surface area contributed by atoms with Crippen LogP contribution < -0.4 is 10.2 Å². The number of imidazole rings is 1. The molecule has 1 aliphatic heterocycles. The number of methoxy groups -OCH3 is 1. The van der Waals surface area contributed by atoms with Crippen molar-refractivity contribution >= 4 is 5.95 Å². The largest absolute Gasteiger partial charge is 0.383 e. The van der Waals surface area contributed by atoms with Crippen LogP contribution in [-0.2, 0) is 4.74 Å². The Kier molecular flexibility index (Phi) is 4.02. The maximum atomic E-state index is 5.21. The Hall–Kier alpha value is -1.07. The molecular formula is C12H22N4O. The molecule has 5 nitrogen and oxygen atoms in total. The minimum Gasteiger partial charge on any atom is -0.383 e. The minimum absolute atomic E-state index is 0.314. The van der Waals surface area contributed by atoms with E-state index >= 15 is 0 Å². The molecule has 0 radical (unpaired) electrons. The van der Waals surface area contributed by atoms with Crippen LogP contribution in [0.25, 0.3) is 0 Å². The van der Waals surface area contributed by atoms with Crippen LogP contribution in [0, 0.1) is 0 Å². The second-order valence-electron chi connectivity index (χ2n) is 4.70. The molecule has 0 bridgehead atoms.